The van der Waals surface area contributed by atoms with Crippen LogP contribution in [0.25, 0.3) is 0 Å². The summed E-state index contributed by atoms with van der Waals surface area (Å²) in [5.74, 6) is -0.857. The van der Waals surface area contributed by atoms with Crippen LogP contribution in [-0.4, -0.2) is 36.7 Å². The van der Waals surface area contributed by atoms with Crippen molar-refractivity contribution < 1.29 is 34.1 Å². The first-order valence-electron chi connectivity index (χ1n) is 10.1. The van der Waals surface area contributed by atoms with E-state index < -0.39 is 24.0 Å². The maximum absolute atomic E-state index is 11.8. The smallest absolute Gasteiger partial charge is 0.492 e. The number of aromatic hydroxyl groups is 2. The zero-order valence-electron chi connectivity index (χ0n) is 18.0. The summed E-state index contributed by atoms with van der Waals surface area (Å²) in [6, 6.07) is 17.5. The minimum Gasteiger partial charge on any atom is -0.492 e. The molecular formula is C23H19N3O7S2. The third-order valence-corrected chi connectivity index (χ3v) is 6.90. The monoisotopic (exact) mass is 513 g/mol. The van der Waals surface area contributed by atoms with Gasteiger partial charge in [-0.25, -0.2) is 19.1 Å². The molecule has 12 heteroatoms. The van der Waals surface area contributed by atoms with Gasteiger partial charge in [-0.05, 0) is 35.4 Å². The van der Waals surface area contributed by atoms with E-state index in [2.05, 4.69) is 4.98 Å². The Morgan fingerprint density at radius 2 is 1.34 bits per heavy atom. The first-order chi connectivity index (χ1) is 17.0. The third-order valence-electron chi connectivity index (χ3n) is 4.48. The van der Waals surface area contributed by atoms with E-state index in [1.807, 2.05) is 48.5 Å². The molecular weight excluding hydrogens is 494 g/mol. The number of rotatable bonds is 8. The molecule has 4 rings (SSSR count). The van der Waals surface area contributed by atoms with Crippen LogP contribution < -0.4 is 4.84 Å². The van der Waals surface area contributed by atoms with E-state index in [-0.39, 0.29) is 13.2 Å². The van der Waals surface area contributed by atoms with Crippen molar-refractivity contribution in [3.05, 3.63) is 90.5 Å². The van der Waals surface area contributed by atoms with Crippen molar-refractivity contribution in [1.82, 2.24) is 14.3 Å². The van der Waals surface area contributed by atoms with Crippen molar-refractivity contribution in [2.45, 2.75) is 23.0 Å². The maximum Gasteiger partial charge on any atom is 0.534 e. The Hall–Kier alpha value is -4.03. The summed E-state index contributed by atoms with van der Waals surface area (Å²) in [6.07, 6.45) is 2.87. The van der Waals surface area contributed by atoms with Crippen LogP contribution in [0.15, 0.2) is 89.2 Å². The Bertz CT molecular complexity index is 1250. The highest BCUT2D eigenvalue weighted by Crippen LogP contribution is 2.37. The molecule has 0 aliphatic heterocycles. The molecule has 0 saturated heterocycles. The lowest BCUT2D eigenvalue weighted by atomic mass is 10.2. The second-order valence-corrected chi connectivity index (χ2v) is 9.23. The fourth-order valence-corrected chi connectivity index (χ4v) is 4.63. The summed E-state index contributed by atoms with van der Waals surface area (Å²) >= 11 is 0. The zero-order valence-corrected chi connectivity index (χ0v) is 19.6. The Morgan fingerprint density at radius 3 is 1.86 bits per heavy atom. The SMILES string of the molecule is O=C(OCc1ccc(SSc2ccc(COC(=O)n3ccnc3)cc2)cc1)On1c(O)ccc1O. The van der Waals surface area contributed by atoms with Crippen molar-refractivity contribution in [2.24, 2.45) is 0 Å². The maximum atomic E-state index is 11.8. The van der Waals surface area contributed by atoms with Crippen LogP contribution in [0.5, 0.6) is 11.8 Å². The van der Waals surface area contributed by atoms with Crippen molar-refractivity contribution in [3.8, 4) is 11.8 Å². The zero-order chi connectivity index (χ0) is 24.6. The predicted molar refractivity (Wildman–Crippen MR) is 127 cm³/mol. The molecule has 2 aromatic heterocycles. The van der Waals surface area contributed by atoms with Crippen molar-refractivity contribution in [3.63, 3.8) is 0 Å². The number of ether oxygens (including phenoxy) is 2. The average Bonchev–Trinajstić information content (AvgIpc) is 3.52. The number of hydrogen-bond acceptors (Lipinski definition) is 10. The van der Waals surface area contributed by atoms with E-state index >= 15 is 0 Å². The molecule has 0 aliphatic carbocycles. The Morgan fingerprint density at radius 1 is 0.800 bits per heavy atom. The second-order valence-electron chi connectivity index (χ2n) is 6.95. The molecule has 0 spiro atoms. The summed E-state index contributed by atoms with van der Waals surface area (Å²) in [6.45, 7) is 0.131. The van der Waals surface area contributed by atoms with Gasteiger partial charge in [0.25, 0.3) is 0 Å². The van der Waals surface area contributed by atoms with Gasteiger partial charge in [-0.3, -0.25) is 4.84 Å². The Kier molecular flexibility index (Phi) is 7.85. The van der Waals surface area contributed by atoms with Crippen LogP contribution in [0.4, 0.5) is 9.59 Å². The molecule has 2 aromatic carbocycles. The minimum atomic E-state index is -1.07. The molecule has 10 nitrogen and oxygen atoms in total. The molecule has 2 N–H and O–H groups in total. The number of hydrogen-bond donors (Lipinski definition) is 2. The molecule has 35 heavy (non-hydrogen) atoms. The fourth-order valence-electron chi connectivity index (χ4n) is 2.70. The predicted octanol–water partition coefficient (Wildman–Crippen LogP) is 4.85. The lowest BCUT2D eigenvalue weighted by Gasteiger charge is -2.08. The highest BCUT2D eigenvalue weighted by Gasteiger charge is 2.13. The van der Waals surface area contributed by atoms with E-state index in [0.717, 1.165) is 20.9 Å². The van der Waals surface area contributed by atoms with E-state index in [1.54, 1.807) is 21.6 Å². The number of carbonyl (C=O) groups is 2. The highest BCUT2D eigenvalue weighted by molar-refractivity contribution is 8.76. The van der Waals surface area contributed by atoms with E-state index in [4.69, 9.17) is 14.3 Å². The lowest BCUT2D eigenvalue weighted by Crippen LogP contribution is -2.20. The topological polar surface area (TPSA) is 125 Å². The van der Waals surface area contributed by atoms with Gasteiger partial charge < -0.3 is 19.7 Å². The van der Waals surface area contributed by atoms with Crippen LogP contribution in [-0.2, 0) is 22.7 Å². The van der Waals surface area contributed by atoms with Crippen molar-refractivity contribution in [2.75, 3.05) is 0 Å². The Balaban J connectivity index is 1.19. The van der Waals surface area contributed by atoms with Crippen LogP contribution >= 0.6 is 21.6 Å². The molecule has 0 fully saturated rings. The molecule has 0 atom stereocenters. The second kappa shape index (κ2) is 11.4. The molecule has 4 aromatic rings. The van der Waals surface area contributed by atoms with Gasteiger partial charge in [-0.15, -0.1) is 4.73 Å². The van der Waals surface area contributed by atoms with Gasteiger partial charge >= 0.3 is 12.2 Å². The van der Waals surface area contributed by atoms with E-state index in [9.17, 15) is 19.8 Å². The summed E-state index contributed by atoms with van der Waals surface area (Å²) < 4.78 is 12.1. The molecule has 0 amide bonds. The third kappa shape index (κ3) is 6.74. The normalized spacial score (nSPS) is 10.6. The van der Waals surface area contributed by atoms with Crippen molar-refractivity contribution >= 4 is 33.8 Å². The number of aromatic nitrogens is 3. The van der Waals surface area contributed by atoms with Crippen molar-refractivity contribution in [1.29, 1.82) is 0 Å². The summed E-state index contributed by atoms with van der Waals surface area (Å²) in [5, 5.41) is 18.9. The van der Waals surface area contributed by atoms with Gasteiger partial charge in [0.2, 0.25) is 11.8 Å². The largest absolute Gasteiger partial charge is 0.534 e. The summed E-state index contributed by atoms with van der Waals surface area (Å²) in [4.78, 5) is 34.1. The highest BCUT2D eigenvalue weighted by atomic mass is 33.1. The number of carbonyl (C=O) groups excluding carboxylic acids is 2. The van der Waals surface area contributed by atoms with Crippen LogP contribution in [0, 0.1) is 0 Å². The van der Waals surface area contributed by atoms with E-state index in [1.165, 1.54) is 35.4 Å². The van der Waals surface area contributed by atoms with Gasteiger partial charge in [0.15, 0.2) is 0 Å². The summed E-state index contributed by atoms with van der Waals surface area (Å²) in [5.41, 5.74) is 1.62. The minimum absolute atomic E-state index is 0.0351. The molecule has 2 heterocycles. The van der Waals surface area contributed by atoms with Crippen LogP contribution in [0.3, 0.4) is 0 Å². The molecule has 0 unspecified atom stereocenters. The average molecular weight is 514 g/mol. The Labute approximate surface area is 207 Å². The lowest BCUT2D eigenvalue weighted by molar-refractivity contribution is 0.0310. The van der Waals surface area contributed by atoms with Crippen LogP contribution in [0.2, 0.25) is 0 Å². The van der Waals surface area contributed by atoms with Gasteiger partial charge in [-0.2, -0.15) is 0 Å². The molecule has 0 aliphatic rings. The number of benzene rings is 2. The van der Waals surface area contributed by atoms with E-state index in [0.29, 0.717) is 4.73 Å². The van der Waals surface area contributed by atoms with Gasteiger partial charge in [0.1, 0.15) is 19.5 Å². The first-order valence-corrected chi connectivity index (χ1v) is 12.2. The standard InChI is InChI=1S/C23H19N3O7S2/c27-20-9-10-21(28)26(20)33-23(30)32-14-17-3-7-19(8-4-17)35-34-18-5-1-16(2-6-18)13-31-22(29)25-12-11-24-15-25/h1-12,15,27-28H,13-14H2. The molecule has 0 radical (unpaired) electrons. The number of imidazole rings is 1. The quantitative estimate of drug-likeness (QED) is 0.250. The van der Waals surface area contributed by atoms with Crippen LogP contribution in [0.1, 0.15) is 11.1 Å². The van der Waals surface area contributed by atoms with Gasteiger partial charge in [0, 0.05) is 34.3 Å². The summed E-state index contributed by atoms with van der Waals surface area (Å²) in [7, 11) is 3.14. The number of nitrogens with zero attached hydrogens (tertiary/aromatic N) is 3. The van der Waals surface area contributed by atoms with Gasteiger partial charge in [-0.1, -0.05) is 45.9 Å². The first kappa shape index (κ1) is 24.1. The molecule has 180 valence electrons. The molecule has 0 saturated carbocycles. The fraction of sp³-hybridized carbons (Fsp3) is 0.0870. The molecule has 0 bridgehead atoms. The van der Waals surface area contributed by atoms with Gasteiger partial charge in [0.05, 0.1) is 0 Å².